The zero-order valence-electron chi connectivity index (χ0n) is 12.7. The molecule has 0 amide bonds. The molecule has 1 rings (SSSR count). The number of nitrogens with one attached hydrogen (secondary N) is 1. The normalized spacial score (nSPS) is 10.7. The molecule has 0 aliphatic carbocycles. The molecule has 1 N–H and O–H groups in total. The van der Waals surface area contributed by atoms with Gasteiger partial charge in [0.25, 0.3) is 0 Å². The Hall–Kier alpha value is -1.18. The van der Waals surface area contributed by atoms with Crippen molar-refractivity contribution in [2.75, 3.05) is 18.5 Å². The maximum absolute atomic E-state index is 5.70. The van der Waals surface area contributed by atoms with Gasteiger partial charge in [0.1, 0.15) is 5.75 Å². The molecule has 0 aliphatic rings. The monoisotopic (exact) mass is 263 g/mol. The van der Waals surface area contributed by atoms with Crippen molar-refractivity contribution < 1.29 is 4.74 Å². The van der Waals surface area contributed by atoms with Crippen molar-refractivity contribution in [2.24, 2.45) is 5.92 Å². The number of anilines is 1. The van der Waals surface area contributed by atoms with Crippen molar-refractivity contribution in [2.45, 2.75) is 52.9 Å². The number of unbranched alkanes of at least 4 members (excludes halogenated alkanes) is 2. The second-order valence-corrected chi connectivity index (χ2v) is 5.14. The van der Waals surface area contributed by atoms with Crippen LogP contribution in [-0.2, 0) is 0 Å². The molecule has 1 aromatic carbocycles. The predicted molar refractivity (Wildman–Crippen MR) is 84.0 cm³/mol. The molecule has 2 nitrogen and oxygen atoms in total. The van der Waals surface area contributed by atoms with Gasteiger partial charge in [-0.15, -0.1) is 0 Å². The fraction of sp³-hybridized carbons (Fsp3) is 0.647. The van der Waals surface area contributed by atoms with E-state index >= 15 is 0 Å². The summed E-state index contributed by atoms with van der Waals surface area (Å²) < 4.78 is 5.70. The molecule has 108 valence electrons. The van der Waals surface area contributed by atoms with E-state index in [2.05, 4.69) is 50.4 Å². The van der Waals surface area contributed by atoms with E-state index in [0.717, 1.165) is 31.2 Å². The summed E-state index contributed by atoms with van der Waals surface area (Å²) in [5.41, 5.74) is 1.19. The maximum atomic E-state index is 5.70. The van der Waals surface area contributed by atoms with Gasteiger partial charge < -0.3 is 10.1 Å². The van der Waals surface area contributed by atoms with Crippen LogP contribution >= 0.6 is 0 Å². The molecular weight excluding hydrogens is 234 g/mol. The van der Waals surface area contributed by atoms with Crippen molar-refractivity contribution in [3.05, 3.63) is 24.3 Å². The minimum atomic E-state index is 0.768. The van der Waals surface area contributed by atoms with Crippen LogP contribution in [-0.4, -0.2) is 13.2 Å². The molecule has 1 aromatic rings. The van der Waals surface area contributed by atoms with E-state index in [1.165, 1.54) is 31.4 Å². The van der Waals surface area contributed by atoms with Crippen molar-refractivity contribution in [1.82, 2.24) is 0 Å². The van der Waals surface area contributed by atoms with Gasteiger partial charge in [0.2, 0.25) is 0 Å². The Morgan fingerprint density at radius 2 is 1.68 bits per heavy atom. The van der Waals surface area contributed by atoms with E-state index in [1.54, 1.807) is 0 Å². The van der Waals surface area contributed by atoms with E-state index in [1.807, 2.05) is 0 Å². The Morgan fingerprint density at radius 1 is 1.00 bits per heavy atom. The zero-order valence-corrected chi connectivity index (χ0v) is 12.7. The fourth-order valence-corrected chi connectivity index (χ4v) is 2.05. The molecule has 2 heteroatoms. The zero-order chi connectivity index (χ0) is 13.9. The molecule has 0 heterocycles. The smallest absolute Gasteiger partial charge is 0.119 e. The van der Waals surface area contributed by atoms with Gasteiger partial charge in [-0.05, 0) is 36.6 Å². The molecule has 0 aliphatic heterocycles. The first-order chi connectivity index (χ1) is 9.30. The van der Waals surface area contributed by atoms with Gasteiger partial charge in [-0.3, -0.25) is 0 Å². The second kappa shape index (κ2) is 9.71. The third-order valence-corrected chi connectivity index (χ3v) is 3.62. The molecule has 0 radical (unpaired) electrons. The highest BCUT2D eigenvalue weighted by molar-refractivity contribution is 5.46. The summed E-state index contributed by atoms with van der Waals surface area (Å²) in [6.45, 7) is 8.60. The molecule has 0 saturated carbocycles. The van der Waals surface area contributed by atoms with Crippen molar-refractivity contribution in [3.63, 3.8) is 0 Å². The first-order valence-corrected chi connectivity index (χ1v) is 7.76. The van der Waals surface area contributed by atoms with Gasteiger partial charge >= 0.3 is 0 Å². The van der Waals surface area contributed by atoms with Crippen LogP contribution in [0.2, 0.25) is 0 Å². The molecule has 0 atom stereocenters. The molecule has 0 spiro atoms. The van der Waals surface area contributed by atoms with E-state index < -0.39 is 0 Å². The first-order valence-electron chi connectivity index (χ1n) is 7.76. The minimum absolute atomic E-state index is 0.768. The van der Waals surface area contributed by atoms with Gasteiger partial charge in [0.05, 0.1) is 6.61 Å². The first kappa shape index (κ1) is 15.9. The number of hydrogen-bond acceptors (Lipinski definition) is 2. The fourth-order valence-electron chi connectivity index (χ4n) is 2.05. The van der Waals surface area contributed by atoms with Crippen molar-refractivity contribution >= 4 is 5.69 Å². The average molecular weight is 263 g/mol. The van der Waals surface area contributed by atoms with Crippen LogP contribution in [0.3, 0.4) is 0 Å². The summed E-state index contributed by atoms with van der Waals surface area (Å²) in [5, 5.41) is 3.49. The highest BCUT2D eigenvalue weighted by Gasteiger charge is 2.02. The van der Waals surface area contributed by atoms with E-state index in [9.17, 15) is 0 Å². The molecule has 0 aromatic heterocycles. The molecule has 0 unspecified atom stereocenters. The van der Waals surface area contributed by atoms with Crippen LogP contribution in [0.15, 0.2) is 24.3 Å². The Labute approximate surface area is 118 Å². The van der Waals surface area contributed by atoms with Gasteiger partial charge in [-0.1, -0.05) is 46.5 Å². The minimum Gasteiger partial charge on any atom is -0.494 e. The van der Waals surface area contributed by atoms with Gasteiger partial charge in [-0.25, -0.2) is 0 Å². The summed E-state index contributed by atoms with van der Waals surface area (Å²) in [6.07, 6.45) is 6.10. The van der Waals surface area contributed by atoms with E-state index in [0.29, 0.717) is 0 Å². The maximum Gasteiger partial charge on any atom is 0.119 e. The van der Waals surface area contributed by atoms with Gasteiger partial charge in [0, 0.05) is 12.2 Å². The summed E-state index contributed by atoms with van der Waals surface area (Å²) in [6, 6.07) is 8.33. The summed E-state index contributed by atoms with van der Waals surface area (Å²) in [5.74, 6) is 1.74. The summed E-state index contributed by atoms with van der Waals surface area (Å²) >= 11 is 0. The van der Waals surface area contributed by atoms with Crippen LogP contribution < -0.4 is 10.1 Å². The van der Waals surface area contributed by atoms with E-state index in [-0.39, 0.29) is 0 Å². The molecule has 0 bridgehead atoms. The van der Waals surface area contributed by atoms with E-state index in [4.69, 9.17) is 4.74 Å². The average Bonchev–Trinajstić information content (AvgIpc) is 2.46. The van der Waals surface area contributed by atoms with Crippen molar-refractivity contribution in [1.29, 1.82) is 0 Å². The highest BCUT2D eigenvalue weighted by atomic mass is 16.5. The lowest BCUT2D eigenvalue weighted by Gasteiger charge is -2.14. The number of rotatable bonds is 10. The molecular formula is C17H29NO. The third-order valence-electron chi connectivity index (χ3n) is 3.62. The van der Waals surface area contributed by atoms with Crippen LogP contribution in [0.1, 0.15) is 52.9 Å². The van der Waals surface area contributed by atoms with Crippen LogP contribution in [0.25, 0.3) is 0 Å². The molecule has 19 heavy (non-hydrogen) atoms. The Morgan fingerprint density at radius 3 is 2.26 bits per heavy atom. The quantitative estimate of drug-likeness (QED) is 0.593. The molecule has 0 fully saturated rings. The van der Waals surface area contributed by atoms with Gasteiger partial charge in [0.15, 0.2) is 0 Å². The lowest BCUT2D eigenvalue weighted by molar-refractivity contribution is 0.306. The number of benzene rings is 1. The molecule has 0 saturated heterocycles. The van der Waals surface area contributed by atoms with Crippen LogP contribution in [0, 0.1) is 5.92 Å². The Balaban J connectivity index is 2.30. The van der Waals surface area contributed by atoms with Crippen molar-refractivity contribution in [3.8, 4) is 5.75 Å². The second-order valence-electron chi connectivity index (χ2n) is 5.14. The third kappa shape index (κ3) is 6.51. The Kier molecular flexibility index (Phi) is 8.11. The Bertz CT molecular complexity index is 317. The topological polar surface area (TPSA) is 21.3 Å². The highest BCUT2D eigenvalue weighted by Crippen LogP contribution is 2.17. The number of ether oxygens (including phenoxy) is 1. The lowest BCUT2D eigenvalue weighted by atomic mass is 10.0. The summed E-state index contributed by atoms with van der Waals surface area (Å²) in [4.78, 5) is 0. The predicted octanol–water partition coefficient (Wildman–Crippen LogP) is 5.10. The largest absolute Gasteiger partial charge is 0.494 e. The summed E-state index contributed by atoms with van der Waals surface area (Å²) in [7, 11) is 0. The SMILES string of the molecule is CCCCCOc1ccc(NCC(CC)CC)cc1. The van der Waals surface area contributed by atoms with Gasteiger partial charge in [-0.2, -0.15) is 0 Å². The standard InChI is InChI=1S/C17H29NO/c1-4-7-8-13-19-17-11-9-16(10-12-17)18-14-15(5-2)6-3/h9-12,15,18H,4-8,13-14H2,1-3H3. The lowest BCUT2D eigenvalue weighted by Crippen LogP contribution is -2.12. The van der Waals surface area contributed by atoms with Crippen LogP contribution in [0.4, 0.5) is 5.69 Å². The number of hydrogen-bond donors (Lipinski definition) is 1. The van der Waals surface area contributed by atoms with Crippen LogP contribution in [0.5, 0.6) is 5.75 Å².